The second-order valence-electron chi connectivity index (χ2n) is 0.274. The third-order valence-corrected chi connectivity index (χ3v) is 0.0913. The third kappa shape index (κ3) is 1.40. The van der Waals surface area contributed by atoms with Crippen molar-refractivity contribution in [1.82, 2.24) is 0 Å². The highest BCUT2D eigenvalue weighted by molar-refractivity contribution is 3.55. The quantitative estimate of drug-likeness (QED) is 0.349. The van der Waals surface area contributed by atoms with E-state index in [0.29, 0.717) is 0 Å². The molecular formula is CH4N2O. The molecule has 0 aromatic rings. The topological polar surface area (TPSA) is 45.4 Å². The molecule has 0 aliphatic carbocycles. The number of nitrogens with one attached hydrogen (secondary N) is 1. The van der Waals surface area contributed by atoms with Crippen molar-refractivity contribution in [3.8, 4) is 0 Å². The van der Waals surface area contributed by atoms with Crippen LogP contribution < -0.4 is 0 Å². The van der Waals surface area contributed by atoms with E-state index < -0.39 is 0 Å². The Balaban J connectivity index is 2.30. The summed E-state index contributed by atoms with van der Waals surface area (Å²) in [6.45, 7) is 0. The van der Waals surface area contributed by atoms with Gasteiger partial charge in [0.15, 0.2) is 0 Å². The first kappa shape index (κ1) is 3.40. The Bertz CT molecular complexity index is 20.0. The zero-order valence-electron chi connectivity index (χ0n) is 2.36. The molecule has 0 rings (SSSR count). The summed E-state index contributed by atoms with van der Waals surface area (Å²) in [6.07, 6.45) is 0. The molecule has 4 heavy (non-hydrogen) atoms. The fourth-order valence-corrected chi connectivity index (χ4v) is 0. The monoisotopic (exact) mass is 60.0 g/mol. The highest BCUT2D eigenvalue weighted by atomic mass is 16.6. The van der Waals surface area contributed by atoms with Gasteiger partial charge in [-0.1, -0.05) is 0 Å². The van der Waals surface area contributed by atoms with Crippen molar-refractivity contribution in [2.75, 3.05) is 7.11 Å². The van der Waals surface area contributed by atoms with Gasteiger partial charge in [0.05, 0.1) is 0 Å². The van der Waals surface area contributed by atoms with Crippen molar-refractivity contribution in [2.24, 2.45) is 5.28 Å². The molecule has 3 nitrogen and oxygen atoms in total. The van der Waals surface area contributed by atoms with Crippen LogP contribution in [0.3, 0.4) is 0 Å². The summed E-state index contributed by atoms with van der Waals surface area (Å²) in [5.74, 6) is 0. The van der Waals surface area contributed by atoms with Crippen LogP contribution in [0.15, 0.2) is 5.28 Å². The minimum atomic E-state index is 1.33. The SMILES string of the molecule is CON=N. The van der Waals surface area contributed by atoms with E-state index in [1.165, 1.54) is 7.11 Å². The van der Waals surface area contributed by atoms with Gasteiger partial charge in [-0.3, -0.25) is 0 Å². The van der Waals surface area contributed by atoms with E-state index in [2.05, 4.69) is 10.1 Å². The second kappa shape index (κ2) is 2.40. The van der Waals surface area contributed by atoms with Gasteiger partial charge < -0.3 is 4.84 Å². The summed E-state index contributed by atoms with van der Waals surface area (Å²) in [4.78, 5) is 3.83. The van der Waals surface area contributed by atoms with Crippen LogP contribution in [0.4, 0.5) is 0 Å². The van der Waals surface area contributed by atoms with Gasteiger partial charge >= 0.3 is 0 Å². The van der Waals surface area contributed by atoms with Crippen LogP contribution in [0.5, 0.6) is 0 Å². The van der Waals surface area contributed by atoms with E-state index in [-0.39, 0.29) is 0 Å². The number of nitrogens with zero attached hydrogens (tertiary/aromatic N) is 1. The van der Waals surface area contributed by atoms with Crippen LogP contribution >= 0.6 is 0 Å². The van der Waals surface area contributed by atoms with Gasteiger partial charge in [-0.25, -0.2) is 0 Å². The van der Waals surface area contributed by atoms with Gasteiger partial charge in [0, 0.05) is 5.28 Å². The van der Waals surface area contributed by atoms with E-state index in [1.54, 1.807) is 0 Å². The molecule has 0 fully saturated rings. The summed E-state index contributed by atoms with van der Waals surface area (Å²) < 4.78 is 0. The molecule has 0 saturated heterocycles. The lowest BCUT2D eigenvalue weighted by Gasteiger charge is -1.68. The van der Waals surface area contributed by atoms with E-state index in [0.717, 1.165) is 0 Å². The van der Waals surface area contributed by atoms with Gasteiger partial charge in [0.1, 0.15) is 7.11 Å². The standard InChI is InChI=1S/CH4N2O/c1-4-3-2/h2H,1H3. The summed E-state index contributed by atoms with van der Waals surface area (Å²) in [5.41, 5.74) is 5.85. The molecule has 0 aromatic carbocycles. The van der Waals surface area contributed by atoms with Crippen molar-refractivity contribution in [3.63, 3.8) is 0 Å². The summed E-state index contributed by atoms with van der Waals surface area (Å²) in [6, 6.07) is 0. The molecule has 0 unspecified atom stereocenters. The van der Waals surface area contributed by atoms with Gasteiger partial charge in [-0.05, 0) is 0 Å². The van der Waals surface area contributed by atoms with E-state index >= 15 is 0 Å². The van der Waals surface area contributed by atoms with Gasteiger partial charge in [-0.2, -0.15) is 5.53 Å². The Kier molecular flexibility index (Phi) is 2.04. The maximum atomic E-state index is 5.85. The number of hydrogen-bond acceptors (Lipinski definition) is 3. The summed E-state index contributed by atoms with van der Waals surface area (Å²) in [7, 11) is 1.33. The molecule has 0 aromatic heterocycles. The Morgan fingerprint density at radius 1 is 2.00 bits per heavy atom. The number of hydrogen-bond donors (Lipinski definition) is 1. The van der Waals surface area contributed by atoms with E-state index in [4.69, 9.17) is 5.53 Å². The van der Waals surface area contributed by atoms with E-state index in [9.17, 15) is 0 Å². The molecule has 3 heteroatoms. The van der Waals surface area contributed by atoms with Crippen molar-refractivity contribution >= 4 is 0 Å². The molecule has 0 heterocycles. The Hall–Kier alpha value is -0.600. The predicted octanol–water partition coefficient (Wildman–Crippen LogP) is 0.579. The number of rotatable bonds is 1. The minimum absolute atomic E-state index is 1.33. The smallest absolute Gasteiger partial charge is 0.108 e. The highest BCUT2D eigenvalue weighted by Gasteiger charge is 1.38. The average molecular weight is 60.1 g/mol. The fraction of sp³-hybridized carbons (Fsp3) is 1.00. The summed E-state index contributed by atoms with van der Waals surface area (Å²) >= 11 is 0. The zero-order chi connectivity index (χ0) is 3.41. The molecule has 0 aliphatic heterocycles. The first-order chi connectivity index (χ1) is 1.91. The summed E-state index contributed by atoms with van der Waals surface area (Å²) in [5, 5.41) is 2.49. The minimum Gasteiger partial charge on any atom is -0.383 e. The lowest BCUT2D eigenvalue weighted by Crippen LogP contribution is -1.53. The van der Waals surface area contributed by atoms with Crippen LogP contribution in [0.1, 0.15) is 0 Å². The van der Waals surface area contributed by atoms with Crippen molar-refractivity contribution in [1.29, 1.82) is 5.53 Å². The molecule has 24 valence electrons. The Labute approximate surface area is 24.0 Å². The fourth-order valence-electron chi connectivity index (χ4n) is 0. The molecule has 0 amide bonds. The maximum absolute atomic E-state index is 5.85. The zero-order valence-corrected chi connectivity index (χ0v) is 2.36. The highest BCUT2D eigenvalue weighted by Crippen LogP contribution is 1.52. The molecule has 0 bridgehead atoms. The molecule has 1 N–H and O–H groups in total. The Morgan fingerprint density at radius 3 is 2.25 bits per heavy atom. The van der Waals surface area contributed by atoms with Crippen molar-refractivity contribution in [3.05, 3.63) is 0 Å². The first-order valence-corrected chi connectivity index (χ1v) is 0.814. The molecule has 0 saturated carbocycles. The Morgan fingerprint density at radius 2 is 2.25 bits per heavy atom. The van der Waals surface area contributed by atoms with Crippen LogP contribution in [0.2, 0.25) is 0 Å². The molecule has 0 atom stereocenters. The predicted molar refractivity (Wildman–Crippen MR) is 12.2 cm³/mol. The molecule has 0 spiro atoms. The largest absolute Gasteiger partial charge is 0.383 e. The van der Waals surface area contributed by atoms with Crippen LogP contribution in [-0.4, -0.2) is 7.11 Å². The van der Waals surface area contributed by atoms with Gasteiger partial charge in [0.2, 0.25) is 0 Å². The molecular weight excluding hydrogens is 56.0 g/mol. The first-order valence-electron chi connectivity index (χ1n) is 0.814. The normalized spacial score (nSPS) is 5.25. The average Bonchev–Trinajstić information content (AvgIpc) is 1.37. The van der Waals surface area contributed by atoms with Gasteiger partial charge in [-0.15, -0.1) is 0 Å². The van der Waals surface area contributed by atoms with Crippen molar-refractivity contribution in [2.45, 2.75) is 0 Å². The lowest BCUT2D eigenvalue weighted by atomic mass is 11.7. The van der Waals surface area contributed by atoms with Crippen LogP contribution in [0.25, 0.3) is 0 Å². The van der Waals surface area contributed by atoms with Gasteiger partial charge in [0.25, 0.3) is 0 Å². The molecule has 0 radical (unpaired) electrons. The van der Waals surface area contributed by atoms with Crippen LogP contribution in [-0.2, 0) is 4.84 Å². The lowest BCUT2D eigenvalue weighted by molar-refractivity contribution is 0.179. The van der Waals surface area contributed by atoms with Crippen LogP contribution in [0, 0.1) is 5.53 Å². The molecule has 0 aliphatic rings. The van der Waals surface area contributed by atoms with Crippen molar-refractivity contribution < 1.29 is 4.84 Å². The second-order valence-corrected chi connectivity index (χ2v) is 0.274. The third-order valence-electron chi connectivity index (χ3n) is 0.0913. The maximum Gasteiger partial charge on any atom is 0.108 e. The van der Waals surface area contributed by atoms with E-state index in [1.807, 2.05) is 0 Å².